The molecule has 0 aliphatic carbocycles. The Morgan fingerprint density at radius 3 is 2.39 bits per heavy atom. The first-order valence-electron chi connectivity index (χ1n) is 6.09. The minimum absolute atomic E-state index is 0.244. The average Bonchev–Trinajstić information content (AvgIpc) is 2.27. The number of hydrogen-bond acceptors (Lipinski definition) is 3. The first kappa shape index (κ1) is 15.9. The molecule has 0 fully saturated rings. The van der Waals surface area contributed by atoms with Crippen LogP contribution in [0, 0.1) is 3.57 Å². The van der Waals surface area contributed by atoms with Crippen LogP contribution >= 0.6 is 22.6 Å². The summed E-state index contributed by atoms with van der Waals surface area (Å²) >= 11 is 2.28. The maximum atomic E-state index is 11.1. The van der Waals surface area contributed by atoms with Gasteiger partial charge in [-0.05, 0) is 59.7 Å². The molecule has 1 unspecified atom stereocenters. The number of rotatable bonds is 7. The second kappa shape index (κ2) is 7.45. The Labute approximate surface area is 123 Å². The fraction of sp³-hybridized carbons (Fsp3) is 0.538. The van der Waals surface area contributed by atoms with Crippen molar-refractivity contribution in [2.24, 2.45) is 0 Å². The predicted molar refractivity (Wildman–Crippen MR) is 84.5 cm³/mol. The summed E-state index contributed by atoms with van der Waals surface area (Å²) in [7, 11) is -2.85. The number of halogens is 1. The Hall–Kier alpha value is -0.140. The van der Waals surface area contributed by atoms with Gasteiger partial charge in [-0.2, -0.15) is 0 Å². The van der Waals surface area contributed by atoms with Gasteiger partial charge in [0.2, 0.25) is 0 Å². The van der Waals surface area contributed by atoms with Crippen LogP contribution in [0.25, 0.3) is 0 Å². The van der Waals surface area contributed by atoms with Crippen LogP contribution in [0.1, 0.15) is 31.4 Å². The monoisotopic (exact) mass is 381 g/mol. The van der Waals surface area contributed by atoms with Gasteiger partial charge in [-0.1, -0.05) is 19.1 Å². The van der Waals surface area contributed by atoms with Crippen LogP contribution in [0.2, 0.25) is 0 Å². The SMILES string of the molecule is CCNC(CCCS(C)(=O)=O)c1ccc(I)cc1. The lowest BCUT2D eigenvalue weighted by molar-refractivity contribution is 0.507. The lowest BCUT2D eigenvalue weighted by atomic mass is 10.0. The molecular weight excluding hydrogens is 361 g/mol. The molecule has 1 aromatic rings. The molecule has 1 rings (SSSR count). The highest BCUT2D eigenvalue weighted by molar-refractivity contribution is 14.1. The van der Waals surface area contributed by atoms with E-state index in [4.69, 9.17) is 0 Å². The summed E-state index contributed by atoms with van der Waals surface area (Å²) in [6.45, 7) is 2.95. The third-order valence-corrected chi connectivity index (χ3v) is 4.48. The molecule has 1 atom stereocenters. The summed E-state index contributed by atoms with van der Waals surface area (Å²) in [6, 6.07) is 8.62. The van der Waals surface area contributed by atoms with Gasteiger partial charge >= 0.3 is 0 Å². The van der Waals surface area contributed by atoms with Crippen LogP contribution in [0.4, 0.5) is 0 Å². The van der Waals surface area contributed by atoms with Gasteiger partial charge in [-0.15, -0.1) is 0 Å². The Bertz CT molecular complexity index is 456. The fourth-order valence-electron chi connectivity index (χ4n) is 1.88. The van der Waals surface area contributed by atoms with Crippen molar-refractivity contribution in [1.29, 1.82) is 0 Å². The quantitative estimate of drug-likeness (QED) is 0.739. The third kappa shape index (κ3) is 6.15. The molecule has 0 aromatic heterocycles. The van der Waals surface area contributed by atoms with Crippen LogP contribution in [0.5, 0.6) is 0 Å². The van der Waals surface area contributed by atoms with Crippen LogP contribution in [0.15, 0.2) is 24.3 Å². The van der Waals surface area contributed by atoms with E-state index >= 15 is 0 Å². The maximum absolute atomic E-state index is 11.1. The van der Waals surface area contributed by atoms with Gasteiger partial charge in [0.25, 0.3) is 0 Å². The third-order valence-electron chi connectivity index (χ3n) is 2.73. The van der Waals surface area contributed by atoms with E-state index in [1.807, 2.05) is 0 Å². The van der Waals surface area contributed by atoms with Gasteiger partial charge in [-0.3, -0.25) is 0 Å². The van der Waals surface area contributed by atoms with Crippen molar-refractivity contribution in [1.82, 2.24) is 5.32 Å². The molecule has 0 bridgehead atoms. The molecule has 0 amide bonds. The summed E-state index contributed by atoms with van der Waals surface area (Å²) in [5.74, 6) is 0.263. The molecular formula is C13H20INO2S. The van der Waals surface area contributed by atoms with Crippen molar-refractivity contribution in [2.45, 2.75) is 25.8 Å². The molecule has 1 N–H and O–H groups in total. The second-order valence-corrected chi connectivity index (χ2v) is 7.94. The number of sulfone groups is 1. The van der Waals surface area contributed by atoms with Gasteiger partial charge in [-0.25, -0.2) is 8.42 Å². The van der Waals surface area contributed by atoms with Gasteiger partial charge < -0.3 is 5.32 Å². The molecule has 0 spiro atoms. The minimum Gasteiger partial charge on any atom is -0.310 e. The van der Waals surface area contributed by atoms with Gasteiger partial charge in [0.1, 0.15) is 9.84 Å². The van der Waals surface area contributed by atoms with Crippen molar-refractivity contribution < 1.29 is 8.42 Å². The smallest absolute Gasteiger partial charge is 0.147 e. The molecule has 0 saturated heterocycles. The standard InChI is InChI=1S/C13H20INO2S/c1-3-15-13(5-4-10-18(2,16)17)11-6-8-12(14)9-7-11/h6-9,13,15H,3-5,10H2,1-2H3. The zero-order chi connectivity index (χ0) is 13.6. The van der Waals surface area contributed by atoms with Gasteiger partial charge in [0, 0.05) is 21.6 Å². The van der Waals surface area contributed by atoms with E-state index in [1.165, 1.54) is 15.4 Å². The molecule has 3 nitrogen and oxygen atoms in total. The van der Waals surface area contributed by atoms with E-state index in [-0.39, 0.29) is 11.8 Å². The Kier molecular flexibility index (Phi) is 6.59. The van der Waals surface area contributed by atoms with Crippen molar-refractivity contribution in [3.05, 3.63) is 33.4 Å². The molecule has 0 aliphatic heterocycles. The van der Waals surface area contributed by atoms with Crippen molar-refractivity contribution >= 4 is 32.4 Å². The molecule has 0 heterocycles. The summed E-state index contributed by atoms with van der Waals surface area (Å²) in [6.07, 6.45) is 2.84. The molecule has 5 heteroatoms. The van der Waals surface area contributed by atoms with Crippen LogP contribution in [0.3, 0.4) is 0 Å². The Balaban J connectivity index is 2.62. The van der Waals surface area contributed by atoms with Crippen LogP contribution in [-0.4, -0.2) is 27.0 Å². The number of hydrogen-bond donors (Lipinski definition) is 1. The molecule has 1 aromatic carbocycles. The highest BCUT2D eigenvalue weighted by Gasteiger charge is 2.11. The molecule has 18 heavy (non-hydrogen) atoms. The van der Waals surface area contributed by atoms with Crippen LogP contribution in [-0.2, 0) is 9.84 Å². The maximum Gasteiger partial charge on any atom is 0.147 e. The molecule has 102 valence electrons. The lowest BCUT2D eigenvalue weighted by Gasteiger charge is -2.18. The average molecular weight is 381 g/mol. The highest BCUT2D eigenvalue weighted by atomic mass is 127. The van der Waals surface area contributed by atoms with Crippen molar-refractivity contribution in [3.63, 3.8) is 0 Å². The molecule has 0 radical (unpaired) electrons. The normalized spacial score (nSPS) is 13.5. The Morgan fingerprint density at radius 2 is 1.89 bits per heavy atom. The van der Waals surface area contributed by atoms with E-state index in [9.17, 15) is 8.42 Å². The van der Waals surface area contributed by atoms with Crippen molar-refractivity contribution in [3.8, 4) is 0 Å². The summed E-state index contributed by atoms with van der Waals surface area (Å²) in [5, 5.41) is 3.41. The topological polar surface area (TPSA) is 46.2 Å². The van der Waals surface area contributed by atoms with E-state index in [1.54, 1.807) is 0 Å². The summed E-state index contributed by atoms with van der Waals surface area (Å²) in [5.41, 5.74) is 1.23. The first-order valence-corrected chi connectivity index (χ1v) is 9.23. The highest BCUT2D eigenvalue weighted by Crippen LogP contribution is 2.20. The second-order valence-electron chi connectivity index (χ2n) is 4.43. The zero-order valence-corrected chi connectivity index (χ0v) is 13.8. The first-order chi connectivity index (χ1) is 8.42. The minimum atomic E-state index is -2.85. The van der Waals surface area contributed by atoms with Gasteiger partial charge in [0.05, 0.1) is 0 Å². The lowest BCUT2D eigenvalue weighted by Crippen LogP contribution is -2.21. The predicted octanol–water partition coefficient (Wildman–Crippen LogP) is 2.77. The largest absolute Gasteiger partial charge is 0.310 e. The van der Waals surface area contributed by atoms with E-state index in [0.717, 1.165) is 13.0 Å². The fourth-order valence-corrected chi connectivity index (χ4v) is 2.93. The van der Waals surface area contributed by atoms with E-state index in [2.05, 4.69) is 59.1 Å². The number of benzene rings is 1. The molecule has 0 saturated carbocycles. The van der Waals surface area contributed by atoms with E-state index < -0.39 is 9.84 Å². The Morgan fingerprint density at radius 1 is 1.28 bits per heavy atom. The van der Waals surface area contributed by atoms with E-state index in [0.29, 0.717) is 6.42 Å². The van der Waals surface area contributed by atoms with Crippen molar-refractivity contribution in [2.75, 3.05) is 18.6 Å². The zero-order valence-electron chi connectivity index (χ0n) is 10.8. The van der Waals surface area contributed by atoms with Crippen LogP contribution < -0.4 is 5.32 Å². The summed E-state index contributed by atoms with van der Waals surface area (Å²) in [4.78, 5) is 0. The summed E-state index contributed by atoms with van der Waals surface area (Å²) < 4.78 is 23.5. The van der Waals surface area contributed by atoms with Gasteiger partial charge in [0.15, 0.2) is 0 Å². The number of nitrogens with one attached hydrogen (secondary N) is 1. The molecule has 0 aliphatic rings.